The predicted octanol–water partition coefficient (Wildman–Crippen LogP) is 2.96. The van der Waals surface area contributed by atoms with E-state index in [1.54, 1.807) is 12.1 Å². The molecule has 2 rings (SSSR count). The fourth-order valence-corrected chi connectivity index (χ4v) is 2.80. The smallest absolute Gasteiger partial charge is 0.129 e. The minimum Gasteiger partial charge on any atom is -0.329 e. The van der Waals surface area contributed by atoms with Gasteiger partial charge in [0, 0.05) is 17.1 Å². The lowest BCUT2D eigenvalue weighted by atomic mass is 10.0. The maximum Gasteiger partial charge on any atom is 0.129 e. The molecule has 0 aliphatic carbocycles. The number of nitrogens with two attached hydrogens (primary N) is 1. The van der Waals surface area contributed by atoms with E-state index in [2.05, 4.69) is 4.90 Å². The average molecular weight is 257 g/mol. The standard InChI is InChI=1S/C13H18ClFN2/c14-10-5-4-6-11(15)13(10)12(9-16)17-7-2-1-3-8-17/h4-6,12H,1-3,7-9,16H2/t12-/m0/s1. The van der Waals surface area contributed by atoms with Crippen LogP contribution in [0.4, 0.5) is 4.39 Å². The van der Waals surface area contributed by atoms with E-state index in [0.29, 0.717) is 17.1 Å². The van der Waals surface area contributed by atoms with Gasteiger partial charge < -0.3 is 5.73 Å². The van der Waals surface area contributed by atoms with Crippen molar-refractivity contribution in [3.63, 3.8) is 0 Å². The Morgan fingerprint density at radius 1 is 1.29 bits per heavy atom. The molecule has 0 aromatic heterocycles. The molecule has 0 radical (unpaired) electrons. The Hall–Kier alpha value is -0.640. The third kappa shape index (κ3) is 2.79. The van der Waals surface area contributed by atoms with Gasteiger partial charge in [0.15, 0.2) is 0 Å². The van der Waals surface area contributed by atoms with Crippen LogP contribution in [0, 0.1) is 5.82 Å². The molecule has 4 heteroatoms. The number of hydrogen-bond donors (Lipinski definition) is 1. The van der Waals surface area contributed by atoms with E-state index in [0.717, 1.165) is 25.9 Å². The molecule has 2 N–H and O–H groups in total. The first-order chi connectivity index (χ1) is 8.24. The van der Waals surface area contributed by atoms with Crippen molar-refractivity contribution in [2.24, 2.45) is 5.73 Å². The van der Waals surface area contributed by atoms with Gasteiger partial charge in [-0.05, 0) is 38.1 Å². The van der Waals surface area contributed by atoms with Crippen LogP contribution >= 0.6 is 11.6 Å². The molecule has 17 heavy (non-hydrogen) atoms. The van der Waals surface area contributed by atoms with Gasteiger partial charge in [-0.25, -0.2) is 4.39 Å². The Bertz CT molecular complexity index is 357. The summed E-state index contributed by atoms with van der Waals surface area (Å²) in [5.41, 5.74) is 6.36. The molecule has 0 amide bonds. The normalized spacial score (nSPS) is 19.2. The van der Waals surface area contributed by atoms with Gasteiger partial charge in [0.2, 0.25) is 0 Å². The Balaban J connectivity index is 2.27. The average Bonchev–Trinajstić information content (AvgIpc) is 2.35. The van der Waals surface area contributed by atoms with Gasteiger partial charge in [0.05, 0.1) is 6.04 Å². The van der Waals surface area contributed by atoms with Crippen molar-refractivity contribution in [3.8, 4) is 0 Å². The van der Waals surface area contributed by atoms with E-state index in [4.69, 9.17) is 17.3 Å². The minimum atomic E-state index is -0.251. The van der Waals surface area contributed by atoms with E-state index >= 15 is 0 Å². The van der Waals surface area contributed by atoms with Crippen molar-refractivity contribution in [3.05, 3.63) is 34.6 Å². The Morgan fingerprint density at radius 2 is 2.00 bits per heavy atom. The maximum atomic E-state index is 13.9. The Labute approximate surface area is 107 Å². The number of piperidine rings is 1. The van der Waals surface area contributed by atoms with Crippen molar-refractivity contribution in [1.82, 2.24) is 4.90 Å². The van der Waals surface area contributed by atoms with E-state index in [-0.39, 0.29) is 11.9 Å². The molecule has 1 aromatic rings. The summed E-state index contributed by atoms with van der Waals surface area (Å²) in [6.45, 7) is 2.36. The van der Waals surface area contributed by atoms with Gasteiger partial charge >= 0.3 is 0 Å². The van der Waals surface area contributed by atoms with Crippen LogP contribution < -0.4 is 5.73 Å². The summed E-state index contributed by atoms with van der Waals surface area (Å²) in [6.07, 6.45) is 3.56. The van der Waals surface area contributed by atoms with Gasteiger partial charge in [0.1, 0.15) is 5.82 Å². The summed E-state index contributed by atoms with van der Waals surface area (Å²) in [4.78, 5) is 2.24. The zero-order valence-electron chi connectivity index (χ0n) is 9.83. The van der Waals surface area contributed by atoms with Crippen LogP contribution in [-0.4, -0.2) is 24.5 Å². The van der Waals surface area contributed by atoms with Crippen molar-refractivity contribution in [1.29, 1.82) is 0 Å². The topological polar surface area (TPSA) is 29.3 Å². The highest BCUT2D eigenvalue weighted by molar-refractivity contribution is 6.31. The first kappa shape index (κ1) is 12.8. The van der Waals surface area contributed by atoms with Crippen LogP contribution in [0.25, 0.3) is 0 Å². The molecule has 0 spiro atoms. The van der Waals surface area contributed by atoms with Crippen LogP contribution in [0.1, 0.15) is 30.9 Å². The lowest BCUT2D eigenvalue weighted by molar-refractivity contribution is 0.164. The van der Waals surface area contributed by atoms with Crippen LogP contribution in [0.5, 0.6) is 0 Å². The van der Waals surface area contributed by atoms with E-state index in [9.17, 15) is 4.39 Å². The monoisotopic (exact) mass is 256 g/mol. The summed E-state index contributed by atoms with van der Waals surface area (Å²) in [7, 11) is 0. The van der Waals surface area contributed by atoms with Gasteiger partial charge in [-0.3, -0.25) is 4.90 Å². The molecule has 0 saturated carbocycles. The molecule has 0 unspecified atom stereocenters. The lowest BCUT2D eigenvalue weighted by Crippen LogP contribution is -2.38. The predicted molar refractivity (Wildman–Crippen MR) is 68.6 cm³/mol. The summed E-state index contributed by atoms with van der Waals surface area (Å²) < 4.78 is 13.9. The van der Waals surface area contributed by atoms with Crippen LogP contribution in [0.2, 0.25) is 5.02 Å². The highest BCUT2D eigenvalue weighted by Crippen LogP contribution is 2.31. The third-order valence-corrected chi connectivity index (χ3v) is 3.72. The highest BCUT2D eigenvalue weighted by Gasteiger charge is 2.25. The van der Waals surface area contributed by atoms with Crippen molar-refractivity contribution < 1.29 is 4.39 Å². The number of likely N-dealkylation sites (tertiary alicyclic amines) is 1. The van der Waals surface area contributed by atoms with Gasteiger partial charge in [-0.1, -0.05) is 24.1 Å². The molecule has 1 aromatic carbocycles. The molecule has 0 bridgehead atoms. The second-order valence-electron chi connectivity index (χ2n) is 4.48. The summed E-state index contributed by atoms with van der Waals surface area (Å²) in [6, 6.07) is 4.72. The number of benzene rings is 1. The highest BCUT2D eigenvalue weighted by atomic mass is 35.5. The fraction of sp³-hybridized carbons (Fsp3) is 0.538. The molecule has 1 heterocycles. The second kappa shape index (κ2) is 5.80. The number of nitrogens with zero attached hydrogens (tertiary/aromatic N) is 1. The molecule has 2 nitrogen and oxygen atoms in total. The molecule has 1 fully saturated rings. The SMILES string of the molecule is NC[C@@H](c1c(F)cccc1Cl)N1CCCCC1. The molecule has 1 saturated heterocycles. The Kier molecular flexibility index (Phi) is 4.37. The number of halogens is 2. The molecule has 1 aliphatic heterocycles. The van der Waals surface area contributed by atoms with Gasteiger partial charge in [-0.15, -0.1) is 0 Å². The number of hydrogen-bond acceptors (Lipinski definition) is 2. The van der Waals surface area contributed by atoms with Crippen molar-refractivity contribution in [2.45, 2.75) is 25.3 Å². The first-order valence-corrected chi connectivity index (χ1v) is 6.50. The summed E-state index contributed by atoms with van der Waals surface area (Å²) >= 11 is 6.10. The van der Waals surface area contributed by atoms with Gasteiger partial charge in [0.25, 0.3) is 0 Å². The van der Waals surface area contributed by atoms with E-state index in [1.807, 2.05) is 0 Å². The molecular formula is C13H18ClFN2. The molecular weight excluding hydrogens is 239 g/mol. The summed E-state index contributed by atoms with van der Waals surface area (Å²) in [5.74, 6) is -0.251. The largest absolute Gasteiger partial charge is 0.329 e. The minimum absolute atomic E-state index is 0.0935. The lowest BCUT2D eigenvalue weighted by Gasteiger charge is -2.34. The molecule has 1 atom stereocenters. The van der Waals surface area contributed by atoms with E-state index in [1.165, 1.54) is 12.5 Å². The van der Waals surface area contributed by atoms with Crippen molar-refractivity contribution in [2.75, 3.05) is 19.6 Å². The van der Waals surface area contributed by atoms with Crippen molar-refractivity contribution >= 4 is 11.6 Å². The zero-order valence-corrected chi connectivity index (χ0v) is 10.6. The van der Waals surface area contributed by atoms with Gasteiger partial charge in [-0.2, -0.15) is 0 Å². The molecule has 1 aliphatic rings. The zero-order chi connectivity index (χ0) is 12.3. The molecule has 94 valence electrons. The summed E-state index contributed by atoms with van der Waals surface area (Å²) in [5, 5.41) is 0.478. The first-order valence-electron chi connectivity index (χ1n) is 6.12. The second-order valence-corrected chi connectivity index (χ2v) is 4.89. The number of rotatable bonds is 3. The fourth-order valence-electron chi connectivity index (χ4n) is 2.51. The van der Waals surface area contributed by atoms with Crippen LogP contribution in [0.15, 0.2) is 18.2 Å². The van der Waals surface area contributed by atoms with Crippen LogP contribution in [-0.2, 0) is 0 Å². The van der Waals surface area contributed by atoms with Crippen LogP contribution in [0.3, 0.4) is 0 Å². The maximum absolute atomic E-state index is 13.9. The quantitative estimate of drug-likeness (QED) is 0.901. The third-order valence-electron chi connectivity index (χ3n) is 3.39. The Morgan fingerprint density at radius 3 is 2.59 bits per heavy atom. The van der Waals surface area contributed by atoms with E-state index < -0.39 is 0 Å².